The van der Waals surface area contributed by atoms with Gasteiger partial charge in [-0.1, -0.05) is 18.2 Å². The Hall–Kier alpha value is -2.40. The lowest BCUT2D eigenvalue weighted by molar-refractivity contribution is -0.146. The number of rotatable bonds is 3. The van der Waals surface area contributed by atoms with Gasteiger partial charge < -0.3 is 14.4 Å². The predicted octanol–water partition coefficient (Wildman–Crippen LogP) is 2.40. The standard InChI is InChI=1S/C16H16N2O3/c1-18-14(10-20-11-16(18)19)13-9-17-8-7-15(13)21-12-5-3-2-4-6-12/h2-9,14H,10-11H2,1H3. The van der Waals surface area contributed by atoms with E-state index in [4.69, 9.17) is 9.47 Å². The van der Waals surface area contributed by atoms with Crippen molar-refractivity contribution < 1.29 is 14.3 Å². The predicted molar refractivity (Wildman–Crippen MR) is 77.1 cm³/mol. The first kappa shape index (κ1) is 13.6. The van der Waals surface area contributed by atoms with E-state index in [1.165, 1.54) is 0 Å². The van der Waals surface area contributed by atoms with E-state index >= 15 is 0 Å². The van der Waals surface area contributed by atoms with Crippen LogP contribution in [0, 0.1) is 0 Å². The summed E-state index contributed by atoms with van der Waals surface area (Å²) in [6.45, 7) is 0.571. The van der Waals surface area contributed by atoms with Gasteiger partial charge in [-0.25, -0.2) is 0 Å². The Balaban J connectivity index is 1.90. The molecule has 1 aromatic carbocycles. The van der Waals surface area contributed by atoms with E-state index in [9.17, 15) is 4.79 Å². The summed E-state index contributed by atoms with van der Waals surface area (Å²) in [6.07, 6.45) is 3.40. The van der Waals surface area contributed by atoms with Gasteiger partial charge in [0, 0.05) is 25.0 Å². The first-order valence-electron chi connectivity index (χ1n) is 6.76. The molecule has 0 spiro atoms. The van der Waals surface area contributed by atoms with Crippen molar-refractivity contribution in [3.63, 3.8) is 0 Å². The van der Waals surface area contributed by atoms with E-state index in [1.54, 1.807) is 30.4 Å². The van der Waals surface area contributed by atoms with Crippen molar-refractivity contribution in [3.05, 3.63) is 54.4 Å². The third-order valence-electron chi connectivity index (χ3n) is 3.50. The molecular formula is C16H16N2O3. The highest BCUT2D eigenvalue weighted by atomic mass is 16.5. The molecule has 2 heterocycles. The molecule has 0 radical (unpaired) electrons. The second kappa shape index (κ2) is 5.93. The van der Waals surface area contributed by atoms with Crippen molar-refractivity contribution >= 4 is 5.91 Å². The third kappa shape index (κ3) is 2.87. The highest BCUT2D eigenvalue weighted by Gasteiger charge is 2.29. The van der Waals surface area contributed by atoms with Crippen LogP contribution in [0.3, 0.4) is 0 Å². The van der Waals surface area contributed by atoms with Crippen LogP contribution in [-0.4, -0.2) is 36.1 Å². The number of aromatic nitrogens is 1. The van der Waals surface area contributed by atoms with E-state index in [-0.39, 0.29) is 18.6 Å². The van der Waals surface area contributed by atoms with Gasteiger partial charge in [0.05, 0.1) is 12.6 Å². The van der Waals surface area contributed by atoms with Gasteiger partial charge in [0.15, 0.2) is 0 Å². The number of likely N-dealkylation sites (N-methyl/N-ethyl adjacent to an activating group) is 1. The number of pyridine rings is 1. The Morgan fingerprint density at radius 3 is 2.90 bits per heavy atom. The second-order valence-corrected chi connectivity index (χ2v) is 4.86. The fraction of sp³-hybridized carbons (Fsp3) is 0.250. The third-order valence-corrected chi connectivity index (χ3v) is 3.50. The van der Waals surface area contributed by atoms with Crippen LogP contribution < -0.4 is 4.74 Å². The average molecular weight is 284 g/mol. The van der Waals surface area contributed by atoms with Crippen LogP contribution in [0.15, 0.2) is 48.8 Å². The molecule has 1 aliphatic heterocycles. The van der Waals surface area contributed by atoms with Crippen molar-refractivity contribution in [3.8, 4) is 11.5 Å². The number of benzene rings is 1. The van der Waals surface area contributed by atoms with Crippen LogP contribution in [0.4, 0.5) is 0 Å². The van der Waals surface area contributed by atoms with E-state index in [0.29, 0.717) is 12.4 Å². The Labute approximate surface area is 123 Å². The van der Waals surface area contributed by atoms with Crippen LogP contribution in [0.5, 0.6) is 11.5 Å². The molecule has 0 N–H and O–H groups in total. The summed E-state index contributed by atoms with van der Waals surface area (Å²) >= 11 is 0. The second-order valence-electron chi connectivity index (χ2n) is 4.86. The van der Waals surface area contributed by atoms with Crippen LogP contribution in [0.25, 0.3) is 0 Å². The summed E-state index contributed by atoms with van der Waals surface area (Å²) in [5.41, 5.74) is 0.844. The monoisotopic (exact) mass is 284 g/mol. The smallest absolute Gasteiger partial charge is 0.248 e. The number of ether oxygens (including phenoxy) is 2. The van der Waals surface area contributed by atoms with Crippen molar-refractivity contribution in [1.29, 1.82) is 0 Å². The first-order valence-corrected chi connectivity index (χ1v) is 6.76. The zero-order valence-corrected chi connectivity index (χ0v) is 11.7. The highest BCUT2D eigenvalue weighted by Crippen LogP contribution is 2.32. The van der Waals surface area contributed by atoms with Gasteiger partial charge in [0.1, 0.15) is 18.1 Å². The summed E-state index contributed by atoms with van der Waals surface area (Å²) in [6, 6.07) is 11.1. The lowest BCUT2D eigenvalue weighted by Crippen LogP contribution is -2.41. The molecule has 5 nitrogen and oxygen atoms in total. The molecule has 21 heavy (non-hydrogen) atoms. The Kier molecular flexibility index (Phi) is 3.83. The normalized spacial score (nSPS) is 18.6. The maximum Gasteiger partial charge on any atom is 0.248 e. The van der Waals surface area contributed by atoms with Crippen LogP contribution in [-0.2, 0) is 9.53 Å². The molecule has 108 valence electrons. The lowest BCUT2D eigenvalue weighted by atomic mass is 10.1. The molecule has 3 rings (SSSR count). The molecule has 0 aliphatic carbocycles. The zero-order valence-electron chi connectivity index (χ0n) is 11.7. The van der Waals surface area contributed by atoms with Gasteiger partial charge in [-0.05, 0) is 18.2 Å². The number of morpholine rings is 1. The average Bonchev–Trinajstić information content (AvgIpc) is 2.52. The van der Waals surface area contributed by atoms with Crippen LogP contribution in [0.2, 0.25) is 0 Å². The van der Waals surface area contributed by atoms with E-state index in [2.05, 4.69) is 4.98 Å². The van der Waals surface area contributed by atoms with Gasteiger partial charge in [-0.15, -0.1) is 0 Å². The van der Waals surface area contributed by atoms with Crippen molar-refractivity contribution in [2.45, 2.75) is 6.04 Å². The minimum atomic E-state index is -0.182. The molecule has 0 bridgehead atoms. The number of hydrogen-bond acceptors (Lipinski definition) is 4. The molecule has 5 heteroatoms. The number of carbonyl (C=O) groups is 1. The number of para-hydroxylation sites is 1. The molecule has 1 atom stereocenters. The van der Waals surface area contributed by atoms with Crippen LogP contribution in [0.1, 0.15) is 11.6 Å². The fourth-order valence-corrected chi connectivity index (χ4v) is 2.30. The summed E-state index contributed by atoms with van der Waals surface area (Å²) in [5, 5.41) is 0. The Bertz CT molecular complexity index is 630. The molecular weight excluding hydrogens is 268 g/mol. The van der Waals surface area contributed by atoms with Gasteiger partial charge in [0.2, 0.25) is 5.91 Å². The summed E-state index contributed by atoms with van der Waals surface area (Å²) in [7, 11) is 1.77. The quantitative estimate of drug-likeness (QED) is 0.868. The maximum atomic E-state index is 11.8. The topological polar surface area (TPSA) is 51.7 Å². The van der Waals surface area contributed by atoms with Gasteiger partial charge in [-0.2, -0.15) is 0 Å². The van der Waals surface area contributed by atoms with E-state index in [1.807, 2.05) is 30.3 Å². The molecule has 1 fully saturated rings. The molecule has 0 saturated carbocycles. The number of nitrogens with zero attached hydrogens (tertiary/aromatic N) is 2. The Morgan fingerprint density at radius 1 is 1.29 bits per heavy atom. The molecule has 1 amide bonds. The van der Waals surface area contributed by atoms with Crippen molar-refractivity contribution in [1.82, 2.24) is 9.88 Å². The van der Waals surface area contributed by atoms with Crippen LogP contribution >= 0.6 is 0 Å². The molecule has 2 aromatic rings. The molecule has 1 aromatic heterocycles. The largest absolute Gasteiger partial charge is 0.457 e. The van der Waals surface area contributed by atoms with Gasteiger partial charge in [-0.3, -0.25) is 9.78 Å². The molecule has 1 unspecified atom stereocenters. The van der Waals surface area contributed by atoms with E-state index in [0.717, 1.165) is 11.3 Å². The number of carbonyl (C=O) groups excluding carboxylic acids is 1. The summed E-state index contributed by atoms with van der Waals surface area (Å²) in [4.78, 5) is 17.6. The van der Waals surface area contributed by atoms with E-state index < -0.39 is 0 Å². The first-order chi connectivity index (χ1) is 10.3. The minimum Gasteiger partial charge on any atom is -0.457 e. The van der Waals surface area contributed by atoms with Gasteiger partial charge in [0.25, 0.3) is 0 Å². The summed E-state index contributed by atoms with van der Waals surface area (Å²) in [5.74, 6) is 1.39. The fourth-order valence-electron chi connectivity index (χ4n) is 2.30. The summed E-state index contributed by atoms with van der Waals surface area (Å²) < 4.78 is 11.3. The minimum absolute atomic E-state index is 0.0410. The van der Waals surface area contributed by atoms with Crippen molar-refractivity contribution in [2.75, 3.05) is 20.3 Å². The van der Waals surface area contributed by atoms with Gasteiger partial charge >= 0.3 is 0 Å². The van der Waals surface area contributed by atoms with Crippen molar-refractivity contribution in [2.24, 2.45) is 0 Å². The SMILES string of the molecule is CN1C(=O)COCC1c1cnccc1Oc1ccccc1. The highest BCUT2D eigenvalue weighted by molar-refractivity contribution is 5.78. The number of amides is 1. The zero-order chi connectivity index (χ0) is 14.7. The maximum absolute atomic E-state index is 11.8. The Morgan fingerprint density at radius 2 is 2.10 bits per heavy atom. The molecule has 1 aliphatic rings. The lowest BCUT2D eigenvalue weighted by Gasteiger charge is -2.33. The molecule has 1 saturated heterocycles. The number of hydrogen-bond donors (Lipinski definition) is 0.